The Kier molecular flexibility index (Phi) is 7.06. The molecule has 0 radical (unpaired) electrons. The second kappa shape index (κ2) is 8.34. The Morgan fingerprint density at radius 3 is 2.83 bits per heavy atom. The summed E-state index contributed by atoms with van der Waals surface area (Å²) in [4.78, 5) is 11.8. The second-order valence-corrected chi connectivity index (χ2v) is 5.55. The minimum atomic E-state index is -0.535. The minimum Gasteiger partial charge on any atom is -0.320 e. The average Bonchev–Trinajstić information content (AvgIpc) is 2.94. The predicted octanol–water partition coefficient (Wildman–Crippen LogP) is 2.94. The van der Waals surface area contributed by atoms with Crippen LogP contribution in [0, 0.1) is 0 Å². The molecule has 1 aromatic heterocycles. The van der Waals surface area contributed by atoms with Gasteiger partial charge in [-0.25, -0.2) is 4.68 Å². The Morgan fingerprint density at radius 2 is 2.09 bits per heavy atom. The van der Waals surface area contributed by atoms with Crippen molar-refractivity contribution < 1.29 is 4.79 Å². The third kappa shape index (κ3) is 4.05. The first-order chi connectivity index (χ1) is 10.2. The van der Waals surface area contributed by atoms with E-state index in [2.05, 4.69) is 34.7 Å². The molecular formula is C16H22Cl2N4O. The highest BCUT2D eigenvalue weighted by Crippen LogP contribution is 2.34. The molecule has 5 nitrogen and oxygen atoms in total. The van der Waals surface area contributed by atoms with Gasteiger partial charge in [-0.15, -0.1) is 24.8 Å². The molecule has 7 heteroatoms. The van der Waals surface area contributed by atoms with Gasteiger partial charge in [-0.3, -0.25) is 4.79 Å². The monoisotopic (exact) mass is 356 g/mol. The second-order valence-electron chi connectivity index (χ2n) is 5.55. The lowest BCUT2D eigenvalue weighted by molar-refractivity contribution is -0.117. The first-order valence-corrected chi connectivity index (χ1v) is 7.34. The van der Waals surface area contributed by atoms with Gasteiger partial charge in [-0.2, -0.15) is 5.10 Å². The van der Waals surface area contributed by atoms with Gasteiger partial charge in [-0.1, -0.05) is 24.3 Å². The van der Waals surface area contributed by atoms with Gasteiger partial charge >= 0.3 is 0 Å². The molecule has 1 aliphatic carbocycles. The number of amides is 1. The van der Waals surface area contributed by atoms with E-state index in [1.165, 1.54) is 11.1 Å². The third-order valence-electron chi connectivity index (χ3n) is 3.97. The molecule has 0 bridgehead atoms. The van der Waals surface area contributed by atoms with Crippen LogP contribution in [-0.2, 0) is 11.2 Å². The van der Waals surface area contributed by atoms with Crippen molar-refractivity contribution in [3.8, 4) is 0 Å². The van der Waals surface area contributed by atoms with Gasteiger partial charge in [0.1, 0.15) is 5.82 Å². The lowest BCUT2D eigenvalue weighted by atomic mass is 9.88. The van der Waals surface area contributed by atoms with Crippen molar-refractivity contribution >= 4 is 36.5 Å². The number of hydrogen-bond acceptors (Lipinski definition) is 3. The zero-order chi connectivity index (χ0) is 14.8. The van der Waals surface area contributed by atoms with Crippen molar-refractivity contribution in [1.82, 2.24) is 9.78 Å². The number of benzene rings is 1. The molecule has 3 rings (SSSR count). The molecule has 1 aliphatic rings. The number of nitrogens with two attached hydrogens (primary N) is 1. The molecule has 1 aromatic carbocycles. The van der Waals surface area contributed by atoms with Crippen LogP contribution in [-0.4, -0.2) is 21.7 Å². The number of carbonyl (C=O) groups excluding carboxylic acids is 1. The van der Waals surface area contributed by atoms with Crippen LogP contribution >= 0.6 is 24.8 Å². The molecule has 0 spiro atoms. The minimum absolute atomic E-state index is 0. The number of anilines is 1. The van der Waals surface area contributed by atoms with E-state index in [4.69, 9.17) is 5.73 Å². The van der Waals surface area contributed by atoms with Crippen LogP contribution in [0.5, 0.6) is 0 Å². The van der Waals surface area contributed by atoms with Gasteiger partial charge in [0.05, 0.1) is 18.3 Å². The summed E-state index contributed by atoms with van der Waals surface area (Å²) in [6.45, 7) is 1.67. The maximum atomic E-state index is 11.8. The van der Waals surface area contributed by atoms with Crippen molar-refractivity contribution in [2.24, 2.45) is 5.73 Å². The summed E-state index contributed by atoms with van der Waals surface area (Å²) in [5.74, 6) is 0.514. The molecule has 2 unspecified atom stereocenters. The summed E-state index contributed by atoms with van der Waals surface area (Å²) < 4.78 is 1.90. The molecular weight excluding hydrogens is 335 g/mol. The molecule has 0 aliphatic heterocycles. The Hall–Kier alpha value is -1.56. The lowest BCUT2D eigenvalue weighted by Crippen LogP contribution is -2.33. The highest BCUT2D eigenvalue weighted by molar-refractivity contribution is 5.93. The third-order valence-corrected chi connectivity index (χ3v) is 3.97. The van der Waals surface area contributed by atoms with Crippen molar-refractivity contribution in [2.75, 3.05) is 5.32 Å². The van der Waals surface area contributed by atoms with Crippen molar-refractivity contribution in [3.63, 3.8) is 0 Å². The topological polar surface area (TPSA) is 72.9 Å². The van der Waals surface area contributed by atoms with E-state index in [0.717, 1.165) is 19.3 Å². The summed E-state index contributed by atoms with van der Waals surface area (Å²) >= 11 is 0. The van der Waals surface area contributed by atoms with Gasteiger partial charge in [-0.05, 0) is 37.3 Å². The summed E-state index contributed by atoms with van der Waals surface area (Å²) in [5, 5.41) is 7.27. The zero-order valence-electron chi connectivity index (χ0n) is 12.9. The highest BCUT2D eigenvalue weighted by Gasteiger charge is 2.24. The van der Waals surface area contributed by atoms with E-state index in [9.17, 15) is 4.79 Å². The highest BCUT2D eigenvalue weighted by atomic mass is 35.5. The van der Waals surface area contributed by atoms with Crippen LogP contribution in [0.3, 0.4) is 0 Å². The normalized spacial score (nSPS) is 17.2. The molecule has 0 saturated carbocycles. The maximum Gasteiger partial charge on any atom is 0.242 e. The zero-order valence-corrected chi connectivity index (χ0v) is 14.6. The number of aromatic nitrogens is 2. The van der Waals surface area contributed by atoms with E-state index in [1.54, 1.807) is 13.1 Å². The Morgan fingerprint density at radius 1 is 1.35 bits per heavy atom. The van der Waals surface area contributed by atoms with Crippen molar-refractivity contribution in [3.05, 3.63) is 47.7 Å². The fourth-order valence-corrected chi connectivity index (χ4v) is 2.88. The van der Waals surface area contributed by atoms with E-state index >= 15 is 0 Å². The summed E-state index contributed by atoms with van der Waals surface area (Å²) in [7, 11) is 0. The smallest absolute Gasteiger partial charge is 0.242 e. The summed E-state index contributed by atoms with van der Waals surface area (Å²) in [5.41, 5.74) is 8.28. The van der Waals surface area contributed by atoms with Crippen LogP contribution in [0.1, 0.15) is 36.9 Å². The standard InChI is InChI=1S/C16H20N4O.2ClH/c1-11(17)16(21)19-15-9-10-18-20(15)14-8-4-6-12-5-2-3-7-13(12)14;;/h2-3,5,7,9-11,14H,4,6,8,17H2,1H3,(H,19,21);2*1H. The molecule has 2 aromatic rings. The number of aryl methyl sites for hydroxylation is 1. The molecule has 0 saturated heterocycles. The fraction of sp³-hybridized carbons (Fsp3) is 0.375. The molecule has 1 heterocycles. The maximum absolute atomic E-state index is 11.8. The number of fused-ring (bicyclic) bond motifs is 1. The number of rotatable bonds is 3. The molecule has 126 valence electrons. The average molecular weight is 357 g/mol. The molecule has 0 fully saturated rings. The number of hydrogen-bond donors (Lipinski definition) is 2. The quantitative estimate of drug-likeness (QED) is 0.887. The first kappa shape index (κ1) is 19.5. The van der Waals surface area contributed by atoms with Crippen molar-refractivity contribution in [2.45, 2.75) is 38.3 Å². The Balaban J connectivity index is 0.00000132. The predicted molar refractivity (Wildman–Crippen MR) is 96.5 cm³/mol. The van der Waals surface area contributed by atoms with E-state index in [0.29, 0.717) is 5.82 Å². The van der Waals surface area contributed by atoms with Gasteiger partial charge in [0.2, 0.25) is 5.91 Å². The van der Waals surface area contributed by atoms with Gasteiger partial charge in [0, 0.05) is 6.07 Å². The van der Waals surface area contributed by atoms with Crippen LogP contribution < -0.4 is 11.1 Å². The molecule has 1 amide bonds. The fourth-order valence-electron chi connectivity index (χ4n) is 2.88. The number of carbonyl (C=O) groups is 1. The molecule has 3 N–H and O–H groups in total. The van der Waals surface area contributed by atoms with E-state index in [1.807, 2.05) is 10.7 Å². The summed E-state index contributed by atoms with van der Waals surface area (Å²) in [6, 6.07) is 9.91. The number of nitrogens with zero attached hydrogens (tertiary/aromatic N) is 2. The largest absolute Gasteiger partial charge is 0.320 e. The van der Waals surface area contributed by atoms with E-state index < -0.39 is 6.04 Å². The van der Waals surface area contributed by atoms with Crippen LogP contribution in [0.2, 0.25) is 0 Å². The van der Waals surface area contributed by atoms with Crippen LogP contribution in [0.4, 0.5) is 5.82 Å². The Labute approximate surface area is 148 Å². The lowest BCUT2D eigenvalue weighted by Gasteiger charge is -2.27. The molecule has 2 atom stereocenters. The van der Waals surface area contributed by atoms with Crippen LogP contribution in [0.25, 0.3) is 0 Å². The SMILES string of the molecule is CC(N)C(=O)Nc1ccnn1C1CCCc2ccccc21.Cl.Cl. The molecule has 23 heavy (non-hydrogen) atoms. The van der Waals surface area contributed by atoms with E-state index in [-0.39, 0.29) is 36.8 Å². The van der Waals surface area contributed by atoms with Crippen molar-refractivity contribution in [1.29, 1.82) is 0 Å². The van der Waals surface area contributed by atoms with Gasteiger partial charge in [0.25, 0.3) is 0 Å². The summed E-state index contributed by atoms with van der Waals surface area (Å²) in [6.07, 6.45) is 4.98. The first-order valence-electron chi connectivity index (χ1n) is 7.34. The van der Waals surface area contributed by atoms with Crippen LogP contribution in [0.15, 0.2) is 36.5 Å². The van der Waals surface area contributed by atoms with Gasteiger partial charge < -0.3 is 11.1 Å². The Bertz CT molecular complexity index is 657. The van der Waals surface area contributed by atoms with Gasteiger partial charge in [0.15, 0.2) is 0 Å². The number of nitrogens with one attached hydrogen (secondary N) is 1. The number of halogens is 2.